The Bertz CT molecular complexity index is 685. The molecule has 1 aliphatic heterocycles. The maximum absolute atomic E-state index is 12.5. The standard InChI is InChI=1S/C18H23N3O2.2ClH/c1-23-13-18(6-9-19-10-7-18)12-21-17(22)15-4-5-16-14(11-15)3-2-8-20-16;;/h2-5,8,11,19H,6-7,9-10,12-13H2,1H3,(H,21,22);2*1H. The molecule has 0 aliphatic carbocycles. The zero-order valence-corrected chi connectivity index (χ0v) is 15.9. The highest BCUT2D eigenvalue weighted by atomic mass is 35.5. The number of aromatic nitrogens is 1. The monoisotopic (exact) mass is 385 g/mol. The molecule has 0 bridgehead atoms. The van der Waals surface area contributed by atoms with Crippen molar-refractivity contribution in [3.63, 3.8) is 0 Å². The molecule has 0 radical (unpaired) electrons. The predicted octanol–water partition coefficient (Wildman–Crippen LogP) is 2.82. The minimum absolute atomic E-state index is 0. The van der Waals surface area contributed by atoms with Crippen molar-refractivity contribution in [2.24, 2.45) is 5.41 Å². The Labute approximate surface area is 160 Å². The lowest BCUT2D eigenvalue weighted by molar-refractivity contribution is 0.0512. The van der Waals surface area contributed by atoms with Gasteiger partial charge in [0.15, 0.2) is 0 Å². The number of halogens is 2. The van der Waals surface area contributed by atoms with Crippen molar-refractivity contribution in [1.82, 2.24) is 15.6 Å². The van der Waals surface area contributed by atoms with Gasteiger partial charge in [0.25, 0.3) is 5.91 Å². The van der Waals surface area contributed by atoms with E-state index in [1.165, 1.54) is 0 Å². The van der Waals surface area contributed by atoms with Gasteiger partial charge in [0.05, 0.1) is 12.1 Å². The number of carbonyl (C=O) groups is 1. The molecule has 1 fully saturated rings. The van der Waals surface area contributed by atoms with Crippen molar-refractivity contribution in [3.8, 4) is 0 Å². The topological polar surface area (TPSA) is 63.2 Å². The molecular formula is C18H25Cl2N3O2. The highest BCUT2D eigenvalue weighted by molar-refractivity contribution is 5.97. The van der Waals surface area contributed by atoms with Gasteiger partial charge in [-0.3, -0.25) is 9.78 Å². The van der Waals surface area contributed by atoms with Crippen LogP contribution in [0.1, 0.15) is 23.2 Å². The van der Waals surface area contributed by atoms with E-state index in [0.29, 0.717) is 18.7 Å². The molecule has 1 aliphatic rings. The first-order valence-corrected chi connectivity index (χ1v) is 8.05. The van der Waals surface area contributed by atoms with Crippen LogP contribution in [0, 0.1) is 5.41 Å². The van der Waals surface area contributed by atoms with Crippen LogP contribution in [0.5, 0.6) is 0 Å². The maximum atomic E-state index is 12.5. The van der Waals surface area contributed by atoms with Crippen molar-refractivity contribution in [3.05, 3.63) is 42.1 Å². The molecule has 0 atom stereocenters. The summed E-state index contributed by atoms with van der Waals surface area (Å²) in [4.78, 5) is 16.8. The number of rotatable bonds is 5. The number of methoxy groups -OCH3 is 1. The Morgan fingerprint density at radius 2 is 2.04 bits per heavy atom. The van der Waals surface area contributed by atoms with Gasteiger partial charge in [-0.2, -0.15) is 0 Å². The van der Waals surface area contributed by atoms with E-state index in [1.54, 1.807) is 13.3 Å². The molecule has 1 aromatic carbocycles. The summed E-state index contributed by atoms with van der Waals surface area (Å²) >= 11 is 0. The Hall–Kier alpha value is -1.40. The quantitative estimate of drug-likeness (QED) is 0.830. The molecule has 1 aromatic heterocycles. The zero-order chi connectivity index (χ0) is 16.1. The smallest absolute Gasteiger partial charge is 0.251 e. The van der Waals surface area contributed by atoms with E-state index in [9.17, 15) is 4.79 Å². The first-order valence-electron chi connectivity index (χ1n) is 8.05. The lowest BCUT2D eigenvalue weighted by Crippen LogP contribution is -2.47. The van der Waals surface area contributed by atoms with Crippen LogP contribution in [0.15, 0.2) is 36.5 Å². The molecule has 5 nitrogen and oxygen atoms in total. The molecule has 138 valence electrons. The molecule has 0 saturated carbocycles. The summed E-state index contributed by atoms with van der Waals surface area (Å²) in [5.74, 6) is -0.0373. The molecule has 1 amide bonds. The van der Waals surface area contributed by atoms with E-state index < -0.39 is 0 Å². The van der Waals surface area contributed by atoms with E-state index in [0.717, 1.165) is 36.8 Å². The van der Waals surface area contributed by atoms with Gasteiger partial charge < -0.3 is 15.4 Å². The van der Waals surface area contributed by atoms with Crippen molar-refractivity contribution in [1.29, 1.82) is 0 Å². The van der Waals surface area contributed by atoms with Gasteiger partial charge in [-0.25, -0.2) is 0 Å². The van der Waals surface area contributed by atoms with Crippen molar-refractivity contribution in [2.45, 2.75) is 12.8 Å². The van der Waals surface area contributed by atoms with E-state index >= 15 is 0 Å². The Balaban J connectivity index is 0.00000156. The van der Waals surface area contributed by atoms with Crippen LogP contribution in [0.2, 0.25) is 0 Å². The largest absolute Gasteiger partial charge is 0.384 e. The first kappa shape index (κ1) is 21.6. The molecule has 3 rings (SSSR count). The Kier molecular flexibility index (Phi) is 8.59. The van der Waals surface area contributed by atoms with Crippen LogP contribution in [0.4, 0.5) is 0 Å². The molecule has 7 heteroatoms. The fourth-order valence-corrected chi connectivity index (χ4v) is 3.22. The lowest BCUT2D eigenvalue weighted by Gasteiger charge is -2.37. The third-order valence-electron chi connectivity index (χ3n) is 4.60. The minimum Gasteiger partial charge on any atom is -0.384 e. The number of ether oxygens (including phenoxy) is 1. The number of pyridine rings is 1. The number of fused-ring (bicyclic) bond motifs is 1. The highest BCUT2D eigenvalue weighted by Crippen LogP contribution is 2.28. The van der Waals surface area contributed by atoms with E-state index in [2.05, 4.69) is 15.6 Å². The molecule has 25 heavy (non-hydrogen) atoms. The van der Waals surface area contributed by atoms with Gasteiger partial charge in [0.1, 0.15) is 0 Å². The number of nitrogens with one attached hydrogen (secondary N) is 2. The number of nitrogens with zero attached hydrogens (tertiary/aromatic N) is 1. The SMILES string of the molecule is COCC1(CNC(=O)c2ccc3ncccc3c2)CCNCC1.Cl.Cl. The Morgan fingerprint density at radius 3 is 2.76 bits per heavy atom. The van der Waals surface area contributed by atoms with E-state index in [4.69, 9.17) is 4.74 Å². The Morgan fingerprint density at radius 1 is 1.28 bits per heavy atom. The van der Waals surface area contributed by atoms with E-state index in [1.807, 2.05) is 30.3 Å². The van der Waals surface area contributed by atoms with E-state index in [-0.39, 0.29) is 36.1 Å². The van der Waals surface area contributed by atoms with Gasteiger partial charge >= 0.3 is 0 Å². The fraction of sp³-hybridized carbons (Fsp3) is 0.444. The molecule has 2 heterocycles. The second-order valence-corrected chi connectivity index (χ2v) is 6.28. The third kappa shape index (κ3) is 5.28. The second kappa shape index (κ2) is 9.92. The average molecular weight is 386 g/mol. The zero-order valence-electron chi connectivity index (χ0n) is 14.3. The van der Waals surface area contributed by atoms with Crippen LogP contribution in [-0.4, -0.2) is 44.2 Å². The summed E-state index contributed by atoms with van der Waals surface area (Å²) in [5.41, 5.74) is 1.61. The van der Waals surface area contributed by atoms with Crippen molar-refractivity contribution >= 4 is 41.6 Å². The number of amides is 1. The van der Waals surface area contributed by atoms with Crippen LogP contribution >= 0.6 is 24.8 Å². The van der Waals surface area contributed by atoms with Gasteiger partial charge in [0, 0.05) is 36.2 Å². The number of piperidine rings is 1. The maximum Gasteiger partial charge on any atom is 0.251 e. The lowest BCUT2D eigenvalue weighted by atomic mass is 9.79. The summed E-state index contributed by atoms with van der Waals surface area (Å²) in [6.45, 7) is 3.27. The predicted molar refractivity (Wildman–Crippen MR) is 105 cm³/mol. The first-order chi connectivity index (χ1) is 11.2. The van der Waals surface area contributed by atoms with Crippen molar-refractivity contribution in [2.75, 3.05) is 33.4 Å². The number of hydrogen-bond acceptors (Lipinski definition) is 4. The number of benzene rings is 1. The summed E-state index contributed by atoms with van der Waals surface area (Å²) in [6, 6.07) is 9.46. The summed E-state index contributed by atoms with van der Waals surface area (Å²) in [6.07, 6.45) is 3.79. The van der Waals surface area contributed by atoms with Crippen molar-refractivity contribution < 1.29 is 9.53 Å². The molecule has 2 aromatic rings. The van der Waals surface area contributed by atoms with Crippen LogP contribution in [0.25, 0.3) is 10.9 Å². The molecule has 1 saturated heterocycles. The fourth-order valence-electron chi connectivity index (χ4n) is 3.22. The van der Waals surface area contributed by atoms with Gasteiger partial charge in [-0.1, -0.05) is 6.07 Å². The third-order valence-corrected chi connectivity index (χ3v) is 4.60. The molecule has 0 unspecified atom stereocenters. The summed E-state index contributed by atoms with van der Waals surface area (Å²) in [5, 5.41) is 7.43. The normalized spacial score (nSPS) is 15.7. The average Bonchev–Trinajstić information content (AvgIpc) is 2.60. The summed E-state index contributed by atoms with van der Waals surface area (Å²) < 4.78 is 5.39. The number of carbonyl (C=O) groups excluding carboxylic acids is 1. The van der Waals surface area contributed by atoms with Gasteiger partial charge in [0.2, 0.25) is 0 Å². The summed E-state index contributed by atoms with van der Waals surface area (Å²) in [7, 11) is 1.72. The van der Waals surface area contributed by atoms with Crippen LogP contribution < -0.4 is 10.6 Å². The molecule has 0 spiro atoms. The van der Waals surface area contributed by atoms with Crippen LogP contribution in [-0.2, 0) is 4.74 Å². The van der Waals surface area contributed by atoms with Crippen LogP contribution in [0.3, 0.4) is 0 Å². The van der Waals surface area contributed by atoms with Gasteiger partial charge in [-0.05, 0) is 50.2 Å². The number of hydrogen-bond donors (Lipinski definition) is 2. The van der Waals surface area contributed by atoms with Gasteiger partial charge in [-0.15, -0.1) is 24.8 Å². The highest BCUT2D eigenvalue weighted by Gasteiger charge is 2.32. The second-order valence-electron chi connectivity index (χ2n) is 6.28. The minimum atomic E-state index is -0.0373. The molecular weight excluding hydrogens is 361 g/mol. The molecule has 2 N–H and O–H groups in total.